The molecule has 0 amide bonds. The van der Waals surface area contributed by atoms with Crippen molar-refractivity contribution >= 4 is 21.8 Å². The fraction of sp³-hybridized carbons (Fsp3) is 0.571. The summed E-state index contributed by atoms with van der Waals surface area (Å²) in [5, 5.41) is 0. The van der Waals surface area contributed by atoms with Gasteiger partial charge in [-0.1, -0.05) is 6.07 Å². The second kappa shape index (κ2) is 6.47. The number of hydrogen-bond donors (Lipinski definition) is 1. The van der Waals surface area contributed by atoms with Gasteiger partial charge in [-0.05, 0) is 61.9 Å². The lowest BCUT2D eigenvalue weighted by molar-refractivity contribution is 0.297. The zero-order valence-corrected chi connectivity index (χ0v) is 13.6. The normalized spacial score (nSPS) is 18.4. The molecule has 0 radical (unpaired) electrons. The van der Waals surface area contributed by atoms with Crippen molar-refractivity contribution in [2.75, 3.05) is 25.9 Å². The molecule has 1 aliphatic rings. The Morgan fingerprint density at radius 3 is 2.55 bits per heavy atom. The molecule has 1 aromatic carbocycles. The largest absolute Gasteiger partial charge is 0.330 e. The van der Waals surface area contributed by atoms with E-state index in [9.17, 15) is 8.42 Å². The van der Waals surface area contributed by atoms with Crippen molar-refractivity contribution in [3.05, 3.63) is 23.8 Å². The van der Waals surface area contributed by atoms with Crippen molar-refractivity contribution in [3.8, 4) is 0 Å². The van der Waals surface area contributed by atoms with Gasteiger partial charge < -0.3 is 5.73 Å². The highest BCUT2D eigenvalue weighted by Crippen LogP contribution is 2.32. The summed E-state index contributed by atoms with van der Waals surface area (Å²) in [5.74, 6) is 0.610. The Bertz CT molecular complexity index is 565. The summed E-state index contributed by atoms with van der Waals surface area (Å²) >= 11 is 1.55. The third-order valence-corrected chi connectivity index (χ3v) is 6.07. The Kier molecular flexibility index (Phi) is 5.12. The van der Waals surface area contributed by atoms with E-state index < -0.39 is 9.84 Å². The van der Waals surface area contributed by atoms with E-state index in [0.29, 0.717) is 10.8 Å². The molecule has 6 heteroatoms. The first-order valence-electron chi connectivity index (χ1n) is 6.84. The van der Waals surface area contributed by atoms with Crippen LogP contribution < -0.4 is 5.73 Å². The molecule has 4 nitrogen and oxygen atoms in total. The van der Waals surface area contributed by atoms with E-state index in [4.69, 9.17) is 5.73 Å². The maximum absolute atomic E-state index is 11.9. The van der Waals surface area contributed by atoms with Crippen molar-refractivity contribution in [1.29, 1.82) is 0 Å². The number of hydrogen-bond acceptors (Lipinski definition) is 5. The number of aryl methyl sites for hydroxylation is 1. The van der Waals surface area contributed by atoms with E-state index in [1.807, 2.05) is 19.1 Å². The first kappa shape index (κ1) is 15.8. The van der Waals surface area contributed by atoms with Crippen LogP contribution in [0.15, 0.2) is 28.0 Å². The molecular weight excluding hydrogens is 292 g/mol. The standard InChI is InChI=1S/C14H22N2O2S2/c1-11-3-4-13(14(9-11)20(2,17)18)19-16-7-5-12(10-15)6-8-16/h3-4,9,12H,5-8,10,15H2,1-2H3. The lowest BCUT2D eigenvalue weighted by atomic mass is 9.99. The smallest absolute Gasteiger partial charge is 0.176 e. The van der Waals surface area contributed by atoms with Crippen LogP contribution in [0, 0.1) is 12.8 Å². The molecular formula is C14H22N2O2S2. The predicted molar refractivity (Wildman–Crippen MR) is 83.5 cm³/mol. The summed E-state index contributed by atoms with van der Waals surface area (Å²) in [5.41, 5.74) is 6.66. The molecule has 1 aliphatic heterocycles. The van der Waals surface area contributed by atoms with Crippen LogP contribution in [0.25, 0.3) is 0 Å². The average molecular weight is 314 g/mol. The number of benzene rings is 1. The first-order valence-corrected chi connectivity index (χ1v) is 9.50. The maximum Gasteiger partial charge on any atom is 0.176 e. The van der Waals surface area contributed by atoms with Crippen LogP contribution in [-0.2, 0) is 9.84 Å². The number of rotatable bonds is 4. The van der Waals surface area contributed by atoms with E-state index in [1.165, 1.54) is 6.26 Å². The van der Waals surface area contributed by atoms with Crippen molar-refractivity contribution in [3.63, 3.8) is 0 Å². The van der Waals surface area contributed by atoms with Crippen LogP contribution in [-0.4, -0.2) is 38.6 Å². The summed E-state index contributed by atoms with van der Waals surface area (Å²) in [4.78, 5) is 1.26. The highest BCUT2D eigenvalue weighted by molar-refractivity contribution is 7.98. The molecule has 0 saturated carbocycles. The van der Waals surface area contributed by atoms with E-state index in [0.717, 1.165) is 42.9 Å². The molecule has 0 aromatic heterocycles. The topological polar surface area (TPSA) is 63.4 Å². The predicted octanol–water partition coefficient (Wildman–Crippen LogP) is 2.08. The van der Waals surface area contributed by atoms with Crippen molar-refractivity contribution in [2.45, 2.75) is 29.6 Å². The highest BCUT2D eigenvalue weighted by atomic mass is 32.2. The van der Waals surface area contributed by atoms with Crippen LogP contribution in [0.1, 0.15) is 18.4 Å². The average Bonchev–Trinajstić information content (AvgIpc) is 2.40. The first-order chi connectivity index (χ1) is 9.40. The summed E-state index contributed by atoms with van der Waals surface area (Å²) in [6.45, 7) is 4.58. The summed E-state index contributed by atoms with van der Waals surface area (Å²) in [6, 6.07) is 5.62. The van der Waals surface area contributed by atoms with Crippen LogP contribution in [0.2, 0.25) is 0 Å². The van der Waals surface area contributed by atoms with E-state index >= 15 is 0 Å². The molecule has 1 aromatic rings. The Balaban J connectivity index is 2.14. The van der Waals surface area contributed by atoms with Gasteiger partial charge in [0.15, 0.2) is 9.84 Å². The number of nitrogens with two attached hydrogens (primary N) is 1. The zero-order chi connectivity index (χ0) is 14.8. The van der Waals surface area contributed by atoms with E-state index in [1.54, 1.807) is 18.0 Å². The lowest BCUT2D eigenvalue weighted by Crippen LogP contribution is -2.31. The number of nitrogens with zero attached hydrogens (tertiary/aromatic N) is 1. The molecule has 2 N–H and O–H groups in total. The second-order valence-electron chi connectivity index (χ2n) is 5.42. The molecule has 112 valence electrons. The Morgan fingerprint density at radius 2 is 2.00 bits per heavy atom. The summed E-state index contributed by atoms with van der Waals surface area (Å²) < 4.78 is 26.0. The summed E-state index contributed by atoms with van der Waals surface area (Å²) in [6.07, 6.45) is 3.44. The monoisotopic (exact) mass is 314 g/mol. The molecule has 20 heavy (non-hydrogen) atoms. The van der Waals surface area contributed by atoms with Crippen LogP contribution in [0.4, 0.5) is 0 Å². The Labute approximate surface area is 125 Å². The van der Waals surface area contributed by atoms with Gasteiger partial charge in [-0.2, -0.15) is 0 Å². The summed E-state index contributed by atoms with van der Waals surface area (Å²) in [7, 11) is -3.19. The van der Waals surface area contributed by atoms with Gasteiger partial charge in [0.2, 0.25) is 0 Å². The molecule has 0 atom stereocenters. The number of sulfone groups is 1. The van der Waals surface area contributed by atoms with Crippen molar-refractivity contribution < 1.29 is 8.42 Å². The van der Waals surface area contributed by atoms with Crippen LogP contribution in [0.3, 0.4) is 0 Å². The van der Waals surface area contributed by atoms with Crippen LogP contribution in [0.5, 0.6) is 0 Å². The van der Waals surface area contributed by atoms with Crippen molar-refractivity contribution in [1.82, 2.24) is 4.31 Å². The zero-order valence-electron chi connectivity index (χ0n) is 12.0. The van der Waals surface area contributed by atoms with Gasteiger partial charge in [0.1, 0.15) is 0 Å². The highest BCUT2D eigenvalue weighted by Gasteiger charge is 2.21. The van der Waals surface area contributed by atoms with Gasteiger partial charge in [-0.15, -0.1) is 0 Å². The minimum Gasteiger partial charge on any atom is -0.330 e. The Hall–Kier alpha value is -0.560. The van der Waals surface area contributed by atoms with Crippen molar-refractivity contribution in [2.24, 2.45) is 11.7 Å². The third-order valence-electron chi connectivity index (χ3n) is 3.63. The van der Waals surface area contributed by atoms with Gasteiger partial charge in [0.05, 0.1) is 4.90 Å². The van der Waals surface area contributed by atoms with Crippen LogP contribution >= 0.6 is 11.9 Å². The molecule has 1 fully saturated rings. The molecule has 0 spiro atoms. The van der Waals surface area contributed by atoms with E-state index in [-0.39, 0.29) is 0 Å². The second-order valence-corrected chi connectivity index (χ2v) is 8.54. The SMILES string of the molecule is Cc1ccc(SN2CCC(CN)CC2)c(S(C)(=O)=O)c1. The van der Waals surface area contributed by atoms with Gasteiger partial charge >= 0.3 is 0 Å². The maximum atomic E-state index is 11.9. The molecule has 1 heterocycles. The molecule has 1 saturated heterocycles. The fourth-order valence-corrected chi connectivity index (χ4v) is 4.70. The van der Waals surface area contributed by atoms with Gasteiger partial charge in [-0.25, -0.2) is 12.7 Å². The molecule has 0 unspecified atom stereocenters. The minimum atomic E-state index is -3.19. The fourth-order valence-electron chi connectivity index (χ4n) is 2.36. The minimum absolute atomic E-state index is 0.434. The third kappa shape index (κ3) is 3.97. The van der Waals surface area contributed by atoms with E-state index in [2.05, 4.69) is 4.31 Å². The van der Waals surface area contributed by atoms with Gasteiger partial charge in [-0.3, -0.25) is 0 Å². The molecule has 2 rings (SSSR count). The quantitative estimate of drug-likeness (QED) is 0.862. The van der Waals surface area contributed by atoms with Gasteiger partial charge in [0, 0.05) is 24.2 Å². The molecule has 0 bridgehead atoms. The van der Waals surface area contributed by atoms with Gasteiger partial charge in [0.25, 0.3) is 0 Å². The number of piperidine rings is 1. The molecule has 0 aliphatic carbocycles. The Morgan fingerprint density at radius 1 is 1.35 bits per heavy atom. The lowest BCUT2D eigenvalue weighted by Gasteiger charge is -2.30.